The van der Waals surface area contributed by atoms with E-state index in [-0.39, 0.29) is 11.9 Å². The van der Waals surface area contributed by atoms with Crippen LogP contribution in [0, 0.1) is 6.92 Å². The third-order valence-electron chi connectivity index (χ3n) is 4.09. The number of nitrogens with zero attached hydrogens (tertiary/aromatic N) is 1. The molecule has 1 heterocycles. The summed E-state index contributed by atoms with van der Waals surface area (Å²) in [7, 11) is 0. The van der Waals surface area contributed by atoms with E-state index in [0.29, 0.717) is 23.6 Å². The largest absolute Gasteiger partial charge is 0.462 e. The lowest BCUT2D eigenvalue weighted by molar-refractivity contribution is 0.0526. The summed E-state index contributed by atoms with van der Waals surface area (Å²) in [6.07, 6.45) is 1.52. The number of benzene rings is 2. The van der Waals surface area contributed by atoms with Crippen molar-refractivity contribution < 1.29 is 14.3 Å². The summed E-state index contributed by atoms with van der Waals surface area (Å²) in [4.78, 5) is 28.3. The standard InChI is InChI=1S/C22H21N3O3/c1-3-28-22(27)16-8-11-18(12-9-16)24-20-13-10-17(14-23-20)21(26)25-19-7-5-4-6-15(19)2/h4-14H,3H2,1-2H3,(H,23,24)(H,25,26). The smallest absolute Gasteiger partial charge is 0.338 e. The number of carbonyl (C=O) groups excluding carboxylic acids is 2. The van der Waals surface area contributed by atoms with Gasteiger partial charge in [0.1, 0.15) is 5.82 Å². The Labute approximate surface area is 163 Å². The molecule has 6 heteroatoms. The van der Waals surface area contributed by atoms with Crippen LogP contribution < -0.4 is 10.6 Å². The van der Waals surface area contributed by atoms with E-state index in [2.05, 4.69) is 15.6 Å². The van der Waals surface area contributed by atoms with Crippen LogP contribution in [-0.2, 0) is 4.74 Å². The van der Waals surface area contributed by atoms with E-state index in [0.717, 1.165) is 16.9 Å². The van der Waals surface area contributed by atoms with Gasteiger partial charge in [-0.3, -0.25) is 4.79 Å². The number of hydrogen-bond acceptors (Lipinski definition) is 5. The van der Waals surface area contributed by atoms with Gasteiger partial charge in [0.15, 0.2) is 0 Å². The van der Waals surface area contributed by atoms with Crippen molar-refractivity contribution in [1.82, 2.24) is 4.98 Å². The number of pyridine rings is 1. The molecule has 0 saturated carbocycles. The molecule has 2 N–H and O–H groups in total. The lowest BCUT2D eigenvalue weighted by Gasteiger charge is -2.09. The molecular formula is C22H21N3O3. The number of aryl methyl sites for hydroxylation is 1. The van der Waals surface area contributed by atoms with Gasteiger partial charge in [-0.2, -0.15) is 0 Å². The first kappa shape index (κ1) is 19.1. The Morgan fingerprint density at radius 1 is 0.964 bits per heavy atom. The zero-order valence-corrected chi connectivity index (χ0v) is 15.7. The second kappa shape index (κ2) is 8.81. The van der Waals surface area contributed by atoms with E-state index < -0.39 is 0 Å². The average molecular weight is 375 g/mol. The minimum atomic E-state index is -0.351. The molecule has 2 aromatic carbocycles. The predicted molar refractivity (Wildman–Crippen MR) is 109 cm³/mol. The van der Waals surface area contributed by atoms with E-state index >= 15 is 0 Å². The van der Waals surface area contributed by atoms with Crippen molar-refractivity contribution >= 4 is 29.1 Å². The normalized spacial score (nSPS) is 10.2. The van der Waals surface area contributed by atoms with E-state index in [9.17, 15) is 9.59 Å². The molecule has 6 nitrogen and oxygen atoms in total. The van der Waals surface area contributed by atoms with Crippen LogP contribution in [0.15, 0.2) is 66.9 Å². The van der Waals surface area contributed by atoms with Gasteiger partial charge in [-0.1, -0.05) is 18.2 Å². The lowest BCUT2D eigenvalue weighted by Crippen LogP contribution is -2.13. The maximum atomic E-state index is 12.4. The van der Waals surface area contributed by atoms with Crippen LogP contribution in [0.4, 0.5) is 17.2 Å². The predicted octanol–water partition coefficient (Wildman–Crippen LogP) is 4.56. The van der Waals surface area contributed by atoms with Gasteiger partial charge in [0, 0.05) is 17.6 Å². The van der Waals surface area contributed by atoms with Gasteiger partial charge in [-0.15, -0.1) is 0 Å². The fourth-order valence-electron chi connectivity index (χ4n) is 2.56. The zero-order chi connectivity index (χ0) is 19.9. The van der Waals surface area contributed by atoms with Crippen molar-refractivity contribution in [3.8, 4) is 0 Å². The first-order chi connectivity index (χ1) is 13.6. The number of carbonyl (C=O) groups is 2. The molecule has 28 heavy (non-hydrogen) atoms. The van der Waals surface area contributed by atoms with E-state index in [1.807, 2.05) is 31.2 Å². The van der Waals surface area contributed by atoms with Crippen LogP contribution in [-0.4, -0.2) is 23.5 Å². The third-order valence-corrected chi connectivity index (χ3v) is 4.09. The highest BCUT2D eigenvalue weighted by atomic mass is 16.5. The van der Waals surface area contributed by atoms with Gasteiger partial charge in [0.05, 0.1) is 17.7 Å². The van der Waals surface area contributed by atoms with Crippen molar-refractivity contribution in [2.24, 2.45) is 0 Å². The number of para-hydroxylation sites is 1. The maximum Gasteiger partial charge on any atom is 0.338 e. The van der Waals surface area contributed by atoms with Crippen LogP contribution in [0.3, 0.4) is 0 Å². The highest BCUT2D eigenvalue weighted by Gasteiger charge is 2.09. The molecule has 0 aliphatic rings. The minimum Gasteiger partial charge on any atom is -0.462 e. The van der Waals surface area contributed by atoms with Crippen molar-refractivity contribution in [3.63, 3.8) is 0 Å². The van der Waals surface area contributed by atoms with Gasteiger partial charge in [0.25, 0.3) is 5.91 Å². The molecule has 0 unspecified atom stereocenters. The van der Waals surface area contributed by atoms with Gasteiger partial charge in [-0.05, 0) is 61.9 Å². The molecule has 0 atom stereocenters. The molecule has 3 rings (SSSR count). The Kier molecular flexibility index (Phi) is 6.01. The van der Waals surface area contributed by atoms with Gasteiger partial charge >= 0.3 is 5.97 Å². The fourth-order valence-corrected chi connectivity index (χ4v) is 2.56. The number of aromatic nitrogens is 1. The number of hydrogen-bond donors (Lipinski definition) is 2. The van der Waals surface area contributed by atoms with Gasteiger partial charge in [0.2, 0.25) is 0 Å². The Hall–Kier alpha value is -3.67. The molecule has 0 aliphatic heterocycles. The Balaban J connectivity index is 1.63. The summed E-state index contributed by atoms with van der Waals surface area (Å²) in [5.41, 5.74) is 3.50. The summed E-state index contributed by atoms with van der Waals surface area (Å²) in [5, 5.41) is 6.01. The molecule has 142 valence electrons. The number of nitrogens with one attached hydrogen (secondary N) is 2. The van der Waals surface area contributed by atoms with E-state index in [1.165, 1.54) is 6.20 Å². The Bertz CT molecular complexity index is 967. The summed E-state index contributed by atoms with van der Waals surface area (Å²) in [5.74, 6) is 0.0275. The molecule has 0 radical (unpaired) electrons. The summed E-state index contributed by atoms with van der Waals surface area (Å²) in [6, 6.07) is 17.9. The number of anilines is 3. The third kappa shape index (κ3) is 4.73. The average Bonchev–Trinajstić information content (AvgIpc) is 2.71. The van der Waals surface area contributed by atoms with Crippen molar-refractivity contribution in [2.75, 3.05) is 17.2 Å². The number of esters is 1. The van der Waals surface area contributed by atoms with Crippen molar-refractivity contribution in [2.45, 2.75) is 13.8 Å². The molecule has 1 amide bonds. The monoisotopic (exact) mass is 375 g/mol. The van der Waals surface area contributed by atoms with Crippen LogP contribution in [0.25, 0.3) is 0 Å². The summed E-state index contributed by atoms with van der Waals surface area (Å²) < 4.78 is 4.96. The summed E-state index contributed by atoms with van der Waals surface area (Å²) >= 11 is 0. The minimum absolute atomic E-state index is 0.216. The number of rotatable bonds is 6. The molecule has 0 aliphatic carbocycles. The molecular weight excluding hydrogens is 354 g/mol. The SMILES string of the molecule is CCOC(=O)c1ccc(Nc2ccc(C(=O)Nc3ccccc3C)cn2)cc1. The zero-order valence-electron chi connectivity index (χ0n) is 15.7. The molecule has 1 aromatic heterocycles. The Morgan fingerprint density at radius 2 is 1.68 bits per heavy atom. The molecule has 0 saturated heterocycles. The van der Waals surface area contributed by atoms with Gasteiger partial charge in [-0.25, -0.2) is 9.78 Å². The molecule has 3 aromatic rings. The maximum absolute atomic E-state index is 12.4. The topological polar surface area (TPSA) is 80.3 Å². The first-order valence-corrected chi connectivity index (χ1v) is 8.94. The quantitative estimate of drug-likeness (QED) is 0.617. The van der Waals surface area contributed by atoms with E-state index in [4.69, 9.17) is 4.74 Å². The van der Waals surface area contributed by atoms with Crippen molar-refractivity contribution in [1.29, 1.82) is 0 Å². The number of ether oxygens (including phenoxy) is 1. The van der Waals surface area contributed by atoms with Crippen LogP contribution in [0.2, 0.25) is 0 Å². The first-order valence-electron chi connectivity index (χ1n) is 8.94. The lowest BCUT2D eigenvalue weighted by atomic mass is 10.2. The fraction of sp³-hybridized carbons (Fsp3) is 0.136. The molecule has 0 spiro atoms. The van der Waals surface area contributed by atoms with Crippen molar-refractivity contribution in [3.05, 3.63) is 83.6 Å². The van der Waals surface area contributed by atoms with Crippen LogP contribution in [0.1, 0.15) is 33.2 Å². The molecule has 0 bridgehead atoms. The second-order valence-corrected chi connectivity index (χ2v) is 6.12. The number of amides is 1. The summed E-state index contributed by atoms with van der Waals surface area (Å²) in [6.45, 7) is 4.05. The Morgan fingerprint density at radius 3 is 2.32 bits per heavy atom. The van der Waals surface area contributed by atoms with Gasteiger partial charge < -0.3 is 15.4 Å². The van der Waals surface area contributed by atoms with Crippen LogP contribution >= 0.6 is 0 Å². The van der Waals surface area contributed by atoms with E-state index in [1.54, 1.807) is 43.3 Å². The molecule has 0 fully saturated rings. The highest BCUT2D eigenvalue weighted by molar-refractivity contribution is 6.04. The second-order valence-electron chi connectivity index (χ2n) is 6.12. The highest BCUT2D eigenvalue weighted by Crippen LogP contribution is 2.18. The van der Waals surface area contributed by atoms with Crippen LogP contribution in [0.5, 0.6) is 0 Å².